The van der Waals surface area contributed by atoms with Crippen LogP contribution in [0.2, 0.25) is 0 Å². The smallest absolute Gasteiger partial charge is 0.143 e. The zero-order valence-electron chi connectivity index (χ0n) is 11.5. The van der Waals surface area contributed by atoms with Crippen LogP contribution in [0.15, 0.2) is 34.9 Å². The van der Waals surface area contributed by atoms with Crippen LogP contribution in [0.3, 0.4) is 0 Å². The minimum Gasteiger partial charge on any atom is -0.497 e. The molecule has 0 aliphatic carbocycles. The number of halogens is 1. The van der Waals surface area contributed by atoms with Crippen LogP contribution in [0.1, 0.15) is 22.4 Å². The molecule has 0 fully saturated rings. The van der Waals surface area contributed by atoms with E-state index in [2.05, 4.69) is 33.0 Å². The summed E-state index contributed by atoms with van der Waals surface area (Å²) in [6.45, 7) is 2.05. The maximum atomic E-state index is 9.09. The molecule has 1 heterocycles. The van der Waals surface area contributed by atoms with Crippen LogP contribution in [0, 0.1) is 18.3 Å². The summed E-state index contributed by atoms with van der Waals surface area (Å²) in [7, 11) is 1.67. The van der Waals surface area contributed by atoms with Crippen molar-refractivity contribution in [2.24, 2.45) is 0 Å². The van der Waals surface area contributed by atoms with Crippen molar-refractivity contribution in [1.29, 1.82) is 5.26 Å². The van der Waals surface area contributed by atoms with Gasteiger partial charge in [0.15, 0.2) is 0 Å². The van der Waals surface area contributed by atoms with E-state index in [1.54, 1.807) is 13.3 Å². The van der Waals surface area contributed by atoms with Gasteiger partial charge in [0.2, 0.25) is 0 Å². The van der Waals surface area contributed by atoms with Crippen LogP contribution in [-0.4, -0.2) is 12.1 Å². The highest BCUT2D eigenvalue weighted by atomic mass is 79.9. The van der Waals surface area contributed by atoms with Crippen LogP contribution in [0.5, 0.6) is 5.75 Å². The number of aromatic nitrogens is 1. The molecule has 102 valence electrons. The molecular weight excluding hydrogens is 316 g/mol. The molecule has 0 aliphatic rings. The van der Waals surface area contributed by atoms with Gasteiger partial charge in [0, 0.05) is 10.7 Å². The van der Waals surface area contributed by atoms with Crippen molar-refractivity contribution in [1.82, 2.24) is 4.98 Å². The van der Waals surface area contributed by atoms with Gasteiger partial charge in [0.1, 0.15) is 17.5 Å². The maximum absolute atomic E-state index is 9.09. The molecule has 0 spiro atoms. The molecule has 0 saturated carbocycles. The molecule has 20 heavy (non-hydrogen) atoms. The van der Waals surface area contributed by atoms with E-state index in [1.807, 2.05) is 25.1 Å². The number of ether oxygens (including phenoxy) is 1. The highest BCUT2D eigenvalue weighted by molar-refractivity contribution is 9.10. The van der Waals surface area contributed by atoms with Crippen LogP contribution in [-0.2, 0) is 12.8 Å². The van der Waals surface area contributed by atoms with Gasteiger partial charge in [-0.1, -0.05) is 6.07 Å². The maximum Gasteiger partial charge on any atom is 0.143 e. The van der Waals surface area contributed by atoms with Crippen molar-refractivity contribution in [2.45, 2.75) is 19.8 Å². The molecule has 0 radical (unpaired) electrons. The minimum absolute atomic E-state index is 0.493. The van der Waals surface area contributed by atoms with Crippen molar-refractivity contribution >= 4 is 15.9 Å². The number of benzene rings is 1. The molecular formula is C16H15BrN2O. The van der Waals surface area contributed by atoms with Crippen molar-refractivity contribution in [2.75, 3.05) is 7.11 Å². The lowest BCUT2D eigenvalue weighted by molar-refractivity contribution is 0.414. The fourth-order valence-corrected chi connectivity index (χ4v) is 2.52. The van der Waals surface area contributed by atoms with Crippen LogP contribution in [0.25, 0.3) is 0 Å². The number of nitriles is 1. The average Bonchev–Trinajstić information content (AvgIpc) is 2.44. The van der Waals surface area contributed by atoms with E-state index >= 15 is 0 Å². The number of aryl methyl sites for hydroxylation is 3. The lowest BCUT2D eigenvalue weighted by Gasteiger charge is -2.08. The van der Waals surface area contributed by atoms with E-state index in [0.29, 0.717) is 5.69 Å². The molecule has 0 saturated heterocycles. The van der Waals surface area contributed by atoms with E-state index < -0.39 is 0 Å². The van der Waals surface area contributed by atoms with Gasteiger partial charge in [-0.3, -0.25) is 0 Å². The number of methoxy groups -OCH3 is 1. The normalized spacial score (nSPS) is 10.1. The van der Waals surface area contributed by atoms with E-state index in [9.17, 15) is 0 Å². The summed E-state index contributed by atoms with van der Waals surface area (Å²) in [5.41, 5.74) is 3.83. The largest absolute Gasteiger partial charge is 0.497 e. The predicted molar refractivity (Wildman–Crippen MR) is 81.8 cm³/mol. The lowest BCUT2D eigenvalue weighted by atomic mass is 10.0. The molecule has 1 aromatic carbocycles. The van der Waals surface area contributed by atoms with E-state index in [4.69, 9.17) is 10.00 Å². The summed E-state index contributed by atoms with van der Waals surface area (Å²) in [5, 5.41) is 9.09. The van der Waals surface area contributed by atoms with Crippen LogP contribution >= 0.6 is 15.9 Å². The number of hydrogen-bond donors (Lipinski definition) is 0. The third-order valence-corrected chi connectivity index (χ3v) is 3.50. The van der Waals surface area contributed by atoms with Gasteiger partial charge in [-0.05, 0) is 70.6 Å². The summed E-state index contributed by atoms with van der Waals surface area (Å²) in [5.74, 6) is 0.868. The van der Waals surface area contributed by atoms with Gasteiger partial charge in [-0.2, -0.15) is 5.26 Å². The SMILES string of the molecule is COc1cc(C)cc(CCc2cc(Br)cnc2C#N)c1. The van der Waals surface area contributed by atoms with Gasteiger partial charge < -0.3 is 4.74 Å². The summed E-state index contributed by atoms with van der Waals surface area (Å²) in [6.07, 6.45) is 3.28. The second kappa shape index (κ2) is 6.53. The van der Waals surface area contributed by atoms with Crippen molar-refractivity contribution in [3.63, 3.8) is 0 Å². The molecule has 2 rings (SSSR count). The van der Waals surface area contributed by atoms with Gasteiger partial charge in [-0.15, -0.1) is 0 Å². The average molecular weight is 331 g/mol. The standard InChI is InChI=1S/C16H15BrN2O/c1-11-5-12(7-15(6-11)20-2)3-4-13-8-14(17)10-19-16(13)9-18/h5-8,10H,3-4H2,1-2H3. The Morgan fingerprint density at radius 2 is 2.05 bits per heavy atom. The second-order valence-electron chi connectivity index (χ2n) is 4.63. The number of nitrogens with zero attached hydrogens (tertiary/aromatic N) is 2. The van der Waals surface area contributed by atoms with Crippen molar-refractivity contribution < 1.29 is 4.74 Å². The zero-order chi connectivity index (χ0) is 14.5. The highest BCUT2D eigenvalue weighted by Crippen LogP contribution is 2.20. The Morgan fingerprint density at radius 1 is 1.25 bits per heavy atom. The molecule has 4 heteroatoms. The van der Waals surface area contributed by atoms with Crippen molar-refractivity contribution in [3.05, 3.63) is 57.3 Å². The van der Waals surface area contributed by atoms with Gasteiger partial charge in [-0.25, -0.2) is 4.98 Å². The first-order chi connectivity index (χ1) is 9.62. The van der Waals surface area contributed by atoms with Crippen molar-refractivity contribution in [3.8, 4) is 11.8 Å². The summed E-state index contributed by atoms with van der Waals surface area (Å²) in [6, 6.07) is 10.3. The molecule has 0 atom stereocenters. The second-order valence-corrected chi connectivity index (χ2v) is 5.55. The lowest BCUT2D eigenvalue weighted by Crippen LogP contribution is -1.98. The molecule has 0 N–H and O–H groups in total. The Bertz CT molecular complexity index is 662. The molecule has 1 aromatic heterocycles. The Balaban J connectivity index is 2.19. The molecule has 0 amide bonds. The fraction of sp³-hybridized carbons (Fsp3) is 0.250. The Morgan fingerprint density at radius 3 is 2.75 bits per heavy atom. The first kappa shape index (κ1) is 14.5. The van der Waals surface area contributed by atoms with Gasteiger partial charge in [0.05, 0.1) is 7.11 Å². The number of hydrogen-bond acceptors (Lipinski definition) is 3. The Kier molecular flexibility index (Phi) is 4.75. The predicted octanol–water partition coefficient (Wildman–Crippen LogP) is 3.82. The van der Waals surface area contributed by atoms with Crippen LogP contribution < -0.4 is 4.74 Å². The first-order valence-electron chi connectivity index (χ1n) is 6.31. The van der Waals surface area contributed by atoms with E-state index in [0.717, 1.165) is 28.6 Å². The molecule has 2 aromatic rings. The number of rotatable bonds is 4. The van der Waals surface area contributed by atoms with E-state index in [1.165, 1.54) is 11.1 Å². The Hall–Kier alpha value is -1.86. The third-order valence-electron chi connectivity index (χ3n) is 3.07. The Labute approximate surface area is 127 Å². The monoisotopic (exact) mass is 330 g/mol. The van der Waals surface area contributed by atoms with Crippen LogP contribution in [0.4, 0.5) is 0 Å². The zero-order valence-corrected chi connectivity index (χ0v) is 13.1. The fourth-order valence-electron chi connectivity index (χ4n) is 2.14. The molecule has 0 aliphatic heterocycles. The third kappa shape index (κ3) is 3.58. The summed E-state index contributed by atoms with van der Waals surface area (Å²) < 4.78 is 6.18. The van der Waals surface area contributed by atoms with E-state index in [-0.39, 0.29) is 0 Å². The summed E-state index contributed by atoms with van der Waals surface area (Å²) >= 11 is 3.39. The van der Waals surface area contributed by atoms with Gasteiger partial charge >= 0.3 is 0 Å². The highest BCUT2D eigenvalue weighted by Gasteiger charge is 2.06. The quantitative estimate of drug-likeness (QED) is 0.856. The van der Waals surface area contributed by atoms with Gasteiger partial charge in [0.25, 0.3) is 0 Å². The topological polar surface area (TPSA) is 45.9 Å². The molecule has 0 bridgehead atoms. The number of pyridine rings is 1. The summed E-state index contributed by atoms with van der Waals surface area (Å²) in [4.78, 5) is 4.13. The first-order valence-corrected chi connectivity index (χ1v) is 7.10. The molecule has 0 unspecified atom stereocenters. The minimum atomic E-state index is 0.493. The molecule has 3 nitrogen and oxygen atoms in total.